The van der Waals surface area contributed by atoms with Gasteiger partial charge in [-0.3, -0.25) is 0 Å². The molecule has 1 rings (SSSR count). The topological polar surface area (TPSA) is 55.5 Å². The fourth-order valence-electron chi connectivity index (χ4n) is 1.13. The van der Waals surface area contributed by atoms with Crippen LogP contribution in [-0.2, 0) is 6.42 Å². The maximum atomic E-state index is 9.45. The van der Waals surface area contributed by atoms with Crippen LogP contribution in [0.1, 0.15) is 5.56 Å². The van der Waals surface area contributed by atoms with E-state index in [-0.39, 0.29) is 5.75 Å². The first-order valence-electron chi connectivity index (χ1n) is 3.95. The Kier molecular flexibility index (Phi) is 3.39. The largest absolute Gasteiger partial charge is 0.508 e. The molecule has 0 saturated heterocycles. The highest BCUT2D eigenvalue weighted by atomic mass is 35.5. The first-order chi connectivity index (χ1) is 6.20. The minimum absolute atomic E-state index is 0.163. The highest BCUT2D eigenvalue weighted by Crippen LogP contribution is 2.34. The molecule has 3 N–H and O–H groups in total. The second-order valence-electron chi connectivity index (χ2n) is 2.62. The van der Waals surface area contributed by atoms with Crippen molar-refractivity contribution >= 4 is 11.6 Å². The molecule has 1 aromatic rings. The Bertz CT molecular complexity index is 302. The van der Waals surface area contributed by atoms with Gasteiger partial charge in [0.05, 0.1) is 12.1 Å². The lowest BCUT2D eigenvalue weighted by atomic mass is 10.1. The summed E-state index contributed by atoms with van der Waals surface area (Å²) in [5.41, 5.74) is 6.02. The number of hydrogen-bond donors (Lipinski definition) is 2. The van der Waals surface area contributed by atoms with Crippen LogP contribution in [0.25, 0.3) is 0 Å². The van der Waals surface area contributed by atoms with Crippen molar-refractivity contribution in [2.24, 2.45) is 5.73 Å². The molecule has 0 heterocycles. The van der Waals surface area contributed by atoms with Crippen LogP contribution in [0.2, 0.25) is 5.02 Å². The summed E-state index contributed by atoms with van der Waals surface area (Å²) in [5.74, 6) is 0.721. The van der Waals surface area contributed by atoms with Gasteiger partial charge in [-0.2, -0.15) is 0 Å². The third kappa shape index (κ3) is 2.05. The zero-order valence-corrected chi connectivity index (χ0v) is 8.14. The number of hydrogen-bond acceptors (Lipinski definition) is 3. The van der Waals surface area contributed by atoms with Crippen LogP contribution in [0.15, 0.2) is 12.1 Å². The van der Waals surface area contributed by atoms with Crippen molar-refractivity contribution in [3.05, 3.63) is 22.7 Å². The lowest BCUT2D eigenvalue weighted by Crippen LogP contribution is -2.04. The Hall–Kier alpha value is -0.930. The molecule has 0 unspecified atom stereocenters. The van der Waals surface area contributed by atoms with Crippen molar-refractivity contribution < 1.29 is 9.84 Å². The summed E-state index contributed by atoms with van der Waals surface area (Å²) in [5, 5.41) is 9.88. The number of halogens is 1. The smallest absolute Gasteiger partial charge is 0.138 e. The van der Waals surface area contributed by atoms with E-state index in [1.807, 2.05) is 0 Å². The fourth-order valence-corrected chi connectivity index (χ4v) is 1.46. The zero-order chi connectivity index (χ0) is 9.84. The van der Waals surface area contributed by atoms with Crippen molar-refractivity contribution in [2.75, 3.05) is 13.7 Å². The normalized spacial score (nSPS) is 10.1. The molecule has 0 radical (unpaired) electrons. The van der Waals surface area contributed by atoms with Gasteiger partial charge in [0.1, 0.15) is 11.5 Å². The van der Waals surface area contributed by atoms with Crippen LogP contribution in [0.5, 0.6) is 11.5 Å². The highest BCUT2D eigenvalue weighted by molar-refractivity contribution is 6.33. The summed E-state index contributed by atoms with van der Waals surface area (Å²) < 4.78 is 5.00. The minimum Gasteiger partial charge on any atom is -0.508 e. The molecule has 0 aliphatic carbocycles. The number of methoxy groups -OCH3 is 1. The Labute approximate surface area is 82.1 Å². The molecular weight excluding hydrogens is 190 g/mol. The number of phenols is 1. The van der Waals surface area contributed by atoms with E-state index < -0.39 is 0 Å². The lowest BCUT2D eigenvalue weighted by molar-refractivity contribution is 0.411. The second-order valence-corrected chi connectivity index (χ2v) is 3.00. The van der Waals surface area contributed by atoms with E-state index in [0.717, 1.165) is 0 Å². The SMILES string of the molecule is COc1ccc(O)c(CCN)c1Cl. The number of phenolic OH excluding ortho intramolecular Hbond substituents is 1. The van der Waals surface area contributed by atoms with Crippen LogP contribution >= 0.6 is 11.6 Å². The van der Waals surface area contributed by atoms with Gasteiger partial charge in [0.2, 0.25) is 0 Å². The Balaban J connectivity index is 3.13. The number of aromatic hydroxyl groups is 1. The number of nitrogens with two attached hydrogens (primary N) is 1. The molecule has 72 valence electrons. The fraction of sp³-hybridized carbons (Fsp3) is 0.333. The van der Waals surface area contributed by atoms with Crippen molar-refractivity contribution in [1.82, 2.24) is 0 Å². The predicted octanol–water partition coefficient (Wildman–Crippen LogP) is 1.56. The van der Waals surface area contributed by atoms with Crippen LogP contribution < -0.4 is 10.5 Å². The minimum atomic E-state index is 0.163. The highest BCUT2D eigenvalue weighted by Gasteiger charge is 2.10. The van der Waals surface area contributed by atoms with Crippen LogP contribution in [0.4, 0.5) is 0 Å². The number of benzene rings is 1. The van der Waals surface area contributed by atoms with Gasteiger partial charge in [-0.15, -0.1) is 0 Å². The van der Waals surface area contributed by atoms with Gasteiger partial charge >= 0.3 is 0 Å². The molecule has 1 aromatic carbocycles. The van der Waals surface area contributed by atoms with Gasteiger partial charge in [-0.1, -0.05) is 11.6 Å². The summed E-state index contributed by atoms with van der Waals surface area (Å²) in [4.78, 5) is 0. The van der Waals surface area contributed by atoms with Gasteiger partial charge in [-0.05, 0) is 25.1 Å². The molecule has 4 heteroatoms. The number of ether oxygens (including phenoxy) is 1. The van der Waals surface area contributed by atoms with E-state index in [1.165, 1.54) is 7.11 Å². The van der Waals surface area contributed by atoms with Gasteiger partial charge in [0.15, 0.2) is 0 Å². The summed E-state index contributed by atoms with van der Waals surface area (Å²) in [7, 11) is 1.53. The Morgan fingerprint density at radius 3 is 2.77 bits per heavy atom. The summed E-state index contributed by atoms with van der Waals surface area (Å²) >= 11 is 5.95. The predicted molar refractivity (Wildman–Crippen MR) is 52.4 cm³/mol. The third-order valence-corrected chi connectivity index (χ3v) is 2.21. The van der Waals surface area contributed by atoms with E-state index >= 15 is 0 Å². The van der Waals surface area contributed by atoms with Crippen LogP contribution in [0.3, 0.4) is 0 Å². The molecule has 0 aliphatic heterocycles. The standard InChI is InChI=1S/C9H12ClNO2/c1-13-8-3-2-7(12)6(4-5-11)9(8)10/h2-3,12H,4-5,11H2,1H3. The van der Waals surface area contributed by atoms with Crippen LogP contribution in [-0.4, -0.2) is 18.8 Å². The van der Waals surface area contributed by atoms with Crippen molar-refractivity contribution in [3.8, 4) is 11.5 Å². The van der Waals surface area contributed by atoms with E-state index in [2.05, 4.69) is 0 Å². The Morgan fingerprint density at radius 2 is 2.23 bits per heavy atom. The van der Waals surface area contributed by atoms with Gasteiger partial charge < -0.3 is 15.6 Å². The maximum absolute atomic E-state index is 9.45. The molecule has 0 aliphatic rings. The summed E-state index contributed by atoms with van der Waals surface area (Å²) in [6, 6.07) is 3.17. The average Bonchev–Trinajstić information content (AvgIpc) is 2.12. The van der Waals surface area contributed by atoms with E-state index in [9.17, 15) is 5.11 Å². The third-order valence-electron chi connectivity index (χ3n) is 1.80. The second kappa shape index (κ2) is 4.35. The van der Waals surface area contributed by atoms with Gasteiger partial charge in [0, 0.05) is 5.56 Å². The molecule has 0 amide bonds. The lowest BCUT2D eigenvalue weighted by Gasteiger charge is -2.09. The Morgan fingerprint density at radius 1 is 1.54 bits per heavy atom. The van der Waals surface area contributed by atoms with E-state index in [1.54, 1.807) is 12.1 Å². The van der Waals surface area contributed by atoms with E-state index in [4.69, 9.17) is 22.1 Å². The molecule has 13 heavy (non-hydrogen) atoms. The average molecular weight is 202 g/mol. The molecule has 3 nitrogen and oxygen atoms in total. The molecule has 0 aromatic heterocycles. The molecular formula is C9H12ClNO2. The number of rotatable bonds is 3. The molecule has 0 saturated carbocycles. The van der Waals surface area contributed by atoms with Crippen molar-refractivity contribution in [1.29, 1.82) is 0 Å². The van der Waals surface area contributed by atoms with E-state index in [0.29, 0.717) is 29.3 Å². The monoisotopic (exact) mass is 201 g/mol. The summed E-state index contributed by atoms with van der Waals surface area (Å²) in [6.07, 6.45) is 0.544. The van der Waals surface area contributed by atoms with Crippen LogP contribution in [0, 0.1) is 0 Å². The van der Waals surface area contributed by atoms with Gasteiger partial charge in [-0.25, -0.2) is 0 Å². The molecule has 0 bridgehead atoms. The zero-order valence-electron chi connectivity index (χ0n) is 7.38. The molecule has 0 fully saturated rings. The maximum Gasteiger partial charge on any atom is 0.138 e. The van der Waals surface area contributed by atoms with Crippen molar-refractivity contribution in [3.63, 3.8) is 0 Å². The molecule has 0 spiro atoms. The quantitative estimate of drug-likeness (QED) is 0.781. The summed E-state index contributed by atoms with van der Waals surface area (Å²) in [6.45, 7) is 0.445. The first kappa shape index (κ1) is 10.2. The first-order valence-corrected chi connectivity index (χ1v) is 4.33. The van der Waals surface area contributed by atoms with Gasteiger partial charge in [0.25, 0.3) is 0 Å². The van der Waals surface area contributed by atoms with Crippen molar-refractivity contribution in [2.45, 2.75) is 6.42 Å². The molecule has 0 atom stereocenters.